The number of ether oxygens (including phenoxy) is 1. The standard InChI is InChI=1S/C23H34ClN3O2/c24-19-13-18(21(14-20(19)25)29-15-17-7-8-17)22(28)26-23(9-3-1-4-10-23)16-27-11-5-2-6-12-27/h13-14,17H,1-12,15-16,25H2,(H,26,28). The molecule has 0 spiro atoms. The first-order chi connectivity index (χ1) is 14.0. The molecule has 4 rings (SSSR count). The van der Waals surface area contributed by atoms with E-state index in [1.54, 1.807) is 12.1 Å². The smallest absolute Gasteiger partial charge is 0.255 e. The number of nitrogens with two attached hydrogens (primary N) is 1. The number of carbonyl (C=O) groups is 1. The van der Waals surface area contributed by atoms with Crippen molar-refractivity contribution in [1.82, 2.24) is 10.2 Å². The van der Waals surface area contributed by atoms with E-state index in [4.69, 9.17) is 22.1 Å². The van der Waals surface area contributed by atoms with Gasteiger partial charge >= 0.3 is 0 Å². The molecule has 1 aromatic rings. The molecule has 0 bridgehead atoms. The highest BCUT2D eigenvalue weighted by atomic mass is 35.5. The molecule has 0 radical (unpaired) electrons. The van der Waals surface area contributed by atoms with Crippen molar-refractivity contribution in [2.75, 3.05) is 32.0 Å². The van der Waals surface area contributed by atoms with Gasteiger partial charge in [0.1, 0.15) is 5.75 Å². The third-order valence-electron chi connectivity index (χ3n) is 6.68. The molecule has 0 unspecified atom stereocenters. The maximum absolute atomic E-state index is 13.4. The molecule has 1 heterocycles. The van der Waals surface area contributed by atoms with Crippen LogP contribution in [-0.2, 0) is 0 Å². The highest BCUT2D eigenvalue weighted by Gasteiger charge is 2.36. The van der Waals surface area contributed by atoms with Crippen molar-refractivity contribution in [3.63, 3.8) is 0 Å². The average molecular weight is 420 g/mol. The normalized spacial score (nSPS) is 22.2. The second kappa shape index (κ2) is 9.13. The first-order valence-corrected chi connectivity index (χ1v) is 11.7. The monoisotopic (exact) mass is 419 g/mol. The second-order valence-electron chi connectivity index (χ2n) is 9.26. The Hall–Kier alpha value is -1.46. The van der Waals surface area contributed by atoms with Crippen LogP contribution in [0.3, 0.4) is 0 Å². The maximum Gasteiger partial charge on any atom is 0.255 e. The summed E-state index contributed by atoms with van der Waals surface area (Å²) in [6, 6.07) is 3.38. The van der Waals surface area contributed by atoms with Crippen LogP contribution in [0.2, 0.25) is 5.02 Å². The van der Waals surface area contributed by atoms with Gasteiger partial charge in [-0.05, 0) is 63.6 Å². The van der Waals surface area contributed by atoms with Crippen LogP contribution in [0.15, 0.2) is 12.1 Å². The number of hydrogen-bond acceptors (Lipinski definition) is 4. The van der Waals surface area contributed by atoms with Crippen LogP contribution in [0.1, 0.15) is 74.6 Å². The summed E-state index contributed by atoms with van der Waals surface area (Å²) in [6.07, 6.45) is 11.9. The molecule has 29 heavy (non-hydrogen) atoms. The summed E-state index contributed by atoms with van der Waals surface area (Å²) in [5, 5.41) is 3.83. The molecular weight excluding hydrogens is 386 g/mol. The predicted molar refractivity (Wildman–Crippen MR) is 118 cm³/mol. The molecule has 2 saturated carbocycles. The van der Waals surface area contributed by atoms with Gasteiger partial charge in [0, 0.05) is 12.6 Å². The summed E-state index contributed by atoms with van der Waals surface area (Å²) in [7, 11) is 0. The number of benzene rings is 1. The third-order valence-corrected chi connectivity index (χ3v) is 7.01. The zero-order valence-corrected chi connectivity index (χ0v) is 18.1. The molecule has 3 aliphatic rings. The van der Waals surface area contributed by atoms with Gasteiger partial charge in [0.15, 0.2) is 0 Å². The number of halogens is 1. The highest BCUT2D eigenvalue weighted by Crippen LogP contribution is 2.35. The minimum atomic E-state index is -0.158. The van der Waals surface area contributed by atoms with Crippen LogP contribution in [0.25, 0.3) is 0 Å². The van der Waals surface area contributed by atoms with Crippen LogP contribution >= 0.6 is 11.6 Å². The van der Waals surface area contributed by atoms with Gasteiger partial charge in [0.25, 0.3) is 5.91 Å². The number of piperidine rings is 1. The molecule has 1 saturated heterocycles. The van der Waals surface area contributed by atoms with Crippen molar-refractivity contribution in [3.05, 3.63) is 22.7 Å². The van der Waals surface area contributed by atoms with Gasteiger partial charge < -0.3 is 20.7 Å². The fraction of sp³-hybridized carbons (Fsp3) is 0.696. The molecule has 160 valence electrons. The molecule has 3 fully saturated rings. The lowest BCUT2D eigenvalue weighted by Gasteiger charge is -2.43. The Bertz CT molecular complexity index is 723. The number of nitrogens with one attached hydrogen (secondary N) is 1. The molecule has 2 aliphatic carbocycles. The van der Waals surface area contributed by atoms with Gasteiger partial charge in [-0.15, -0.1) is 0 Å². The van der Waals surface area contributed by atoms with E-state index < -0.39 is 0 Å². The molecule has 1 aliphatic heterocycles. The Morgan fingerprint density at radius 2 is 1.83 bits per heavy atom. The lowest BCUT2D eigenvalue weighted by atomic mass is 9.80. The van der Waals surface area contributed by atoms with E-state index in [-0.39, 0.29) is 11.4 Å². The van der Waals surface area contributed by atoms with Gasteiger partial charge in [-0.2, -0.15) is 0 Å². The third kappa shape index (κ3) is 5.37. The highest BCUT2D eigenvalue weighted by molar-refractivity contribution is 6.33. The SMILES string of the molecule is Nc1cc(OCC2CC2)c(C(=O)NC2(CN3CCCCC3)CCCCC2)cc1Cl. The van der Waals surface area contributed by atoms with Crippen LogP contribution in [0.4, 0.5) is 5.69 Å². The van der Waals surface area contributed by atoms with Crippen molar-refractivity contribution >= 4 is 23.2 Å². The molecule has 0 aromatic heterocycles. The van der Waals surface area contributed by atoms with Crippen LogP contribution in [0.5, 0.6) is 5.75 Å². The van der Waals surface area contributed by atoms with Crippen molar-refractivity contribution in [3.8, 4) is 5.75 Å². The zero-order valence-electron chi connectivity index (χ0n) is 17.4. The van der Waals surface area contributed by atoms with E-state index in [2.05, 4.69) is 10.2 Å². The van der Waals surface area contributed by atoms with Gasteiger partial charge in [0.05, 0.1) is 28.4 Å². The van der Waals surface area contributed by atoms with E-state index in [0.29, 0.717) is 34.5 Å². The van der Waals surface area contributed by atoms with Crippen molar-refractivity contribution in [1.29, 1.82) is 0 Å². The number of amides is 1. The Balaban J connectivity index is 1.52. The van der Waals surface area contributed by atoms with Gasteiger partial charge in [-0.25, -0.2) is 0 Å². The van der Waals surface area contributed by atoms with Crippen LogP contribution in [-0.4, -0.2) is 42.6 Å². The fourth-order valence-corrected chi connectivity index (χ4v) is 4.93. The largest absolute Gasteiger partial charge is 0.492 e. The number of anilines is 1. The first kappa shape index (κ1) is 20.8. The minimum absolute atomic E-state index is 0.0865. The average Bonchev–Trinajstić information content (AvgIpc) is 3.54. The van der Waals surface area contributed by atoms with E-state index in [9.17, 15) is 4.79 Å². The quantitative estimate of drug-likeness (QED) is 0.632. The summed E-state index contributed by atoms with van der Waals surface area (Å²) in [5.41, 5.74) is 6.80. The number of hydrogen-bond donors (Lipinski definition) is 2. The number of nitrogens with zero attached hydrogens (tertiary/aromatic N) is 1. The summed E-state index contributed by atoms with van der Waals surface area (Å²) >= 11 is 6.27. The zero-order chi connectivity index (χ0) is 20.3. The molecule has 0 atom stereocenters. The lowest BCUT2D eigenvalue weighted by Crippen LogP contribution is -2.57. The molecule has 1 amide bonds. The van der Waals surface area contributed by atoms with E-state index in [1.165, 1.54) is 51.4 Å². The van der Waals surface area contributed by atoms with Gasteiger partial charge in [-0.3, -0.25) is 4.79 Å². The fourth-order valence-electron chi connectivity index (χ4n) is 4.76. The number of rotatable bonds is 7. The lowest BCUT2D eigenvalue weighted by molar-refractivity contribution is 0.0779. The molecule has 3 N–H and O–H groups in total. The topological polar surface area (TPSA) is 67.6 Å². The minimum Gasteiger partial charge on any atom is -0.492 e. The molecule has 6 heteroatoms. The van der Waals surface area contributed by atoms with Crippen LogP contribution in [0, 0.1) is 5.92 Å². The van der Waals surface area contributed by atoms with Gasteiger partial charge in [0.2, 0.25) is 0 Å². The summed E-state index contributed by atoms with van der Waals surface area (Å²) in [5.74, 6) is 1.07. The summed E-state index contributed by atoms with van der Waals surface area (Å²) < 4.78 is 5.98. The summed E-state index contributed by atoms with van der Waals surface area (Å²) in [6.45, 7) is 3.86. The molecule has 5 nitrogen and oxygen atoms in total. The predicted octanol–water partition coefficient (Wildman–Crippen LogP) is 4.63. The Labute approximate surface area is 179 Å². The van der Waals surface area contributed by atoms with Crippen molar-refractivity contribution in [2.24, 2.45) is 5.92 Å². The number of likely N-dealkylation sites (tertiary alicyclic amines) is 1. The Kier molecular flexibility index (Phi) is 6.55. The molecular formula is C23H34ClN3O2. The van der Waals surface area contributed by atoms with Crippen LogP contribution < -0.4 is 15.8 Å². The Morgan fingerprint density at radius 1 is 1.14 bits per heavy atom. The number of carbonyl (C=O) groups excluding carboxylic acids is 1. The van der Waals surface area contributed by atoms with E-state index in [1.807, 2.05) is 0 Å². The first-order valence-electron chi connectivity index (χ1n) is 11.3. The second-order valence-corrected chi connectivity index (χ2v) is 9.66. The van der Waals surface area contributed by atoms with Crippen molar-refractivity contribution in [2.45, 2.75) is 69.7 Å². The van der Waals surface area contributed by atoms with Gasteiger partial charge in [-0.1, -0.05) is 37.3 Å². The number of nitrogen functional groups attached to an aromatic ring is 1. The maximum atomic E-state index is 13.4. The van der Waals surface area contributed by atoms with E-state index >= 15 is 0 Å². The van der Waals surface area contributed by atoms with E-state index in [0.717, 1.165) is 32.5 Å². The Morgan fingerprint density at radius 3 is 2.52 bits per heavy atom. The summed E-state index contributed by atoms with van der Waals surface area (Å²) in [4.78, 5) is 15.9. The van der Waals surface area contributed by atoms with Crippen molar-refractivity contribution < 1.29 is 9.53 Å². The molecule has 1 aromatic carbocycles.